The molecule has 0 amide bonds. The molecule has 0 atom stereocenters. The molecule has 0 unspecified atom stereocenters. The van der Waals surface area contributed by atoms with Gasteiger partial charge in [0.15, 0.2) is 11.6 Å². The summed E-state index contributed by atoms with van der Waals surface area (Å²) >= 11 is 0. The normalized spacial score (nSPS) is 10.7. The summed E-state index contributed by atoms with van der Waals surface area (Å²) in [7, 11) is 0. The highest BCUT2D eigenvalue weighted by atomic mass is 19.2. The minimum atomic E-state index is -0.912. The maximum atomic E-state index is 14.6. The maximum absolute atomic E-state index is 14.6. The average Bonchev–Trinajstić information content (AvgIpc) is 2.76. The van der Waals surface area contributed by atoms with E-state index in [0.717, 1.165) is 24.5 Å². The molecule has 0 saturated carbocycles. The van der Waals surface area contributed by atoms with Crippen LogP contribution in [0.5, 0.6) is 0 Å². The smallest absolute Gasteiger partial charge is 0.166 e. The molecule has 0 fully saturated rings. The van der Waals surface area contributed by atoms with Gasteiger partial charge in [0.2, 0.25) is 0 Å². The number of fused-ring (bicyclic) bond motifs is 1. The SMILES string of the molecule is CCCc1ccc(-c2ccc(C#Cc3ccc4c(F)c(F)ccc4c3)c(F)c2)c(F)c1. The van der Waals surface area contributed by atoms with Gasteiger partial charge in [-0.15, -0.1) is 0 Å². The molecule has 0 N–H and O–H groups in total. The molecule has 4 aromatic carbocycles. The molecule has 0 aromatic heterocycles. The van der Waals surface area contributed by atoms with E-state index in [0.29, 0.717) is 22.1 Å². The Bertz CT molecular complexity index is 1340. The first-order chi connectivity index (χ1) is 15.0. The Morgan fingerprint density at radius 3 is 2.29 bits per heavy atom. The van der Waals surface area contributed by atoms with Crippen molar-refractivity contribution < 1.29 is 17.6 Å². The number of rotatable bonds is 3. The molecule has 4 heteroatoms. The summed E-state index contributed by atoms with van der Waals surface area (Å²) in [6, 6.07) is 16.5. The van der Waals surface area contributed by atoms with E-state index in [2.05, 4.69) is 11.8 Å². The molecule has 31 heavy (non-hydrogen) atoms. The Kier molecular flexibility index (Phi) is 5.77. The lowest BCUT2D eigenvalue weighted by atomic mass is 10.00. The van der Waals surface area contributed by atoms with E-state index in [-0.39, 0.29) is 16.8 Å². The molecule has 0 nitrogen and oxygen atoms in total. The van der Waals surface area contributed by atoms with Crippen LogP contribution in [0.25, 0.3) is 21.9 Å². The highest BCUT2D eigenvalue weighted by Crippen LogP contribution is 2.26. The third kappa shape index (κ3) is 4.32. The molecule has 4 aromatic rings. The molecule has 4 rings (SSSR count). The van der Waals surface area contributed by atoms with Crippen LogP contribution in [0, 0.1) is 35.1 Å². The van der Waals surface area contributed by atoms with Crippen molar-refractivity contribution in [2.45, 2.75) is 19.8 Å². The van der Waals surface area contributed by atoms with Crippen molar-refractivity contribution in [2.75, 3.05) is 0 Å². The van der Waals surface area contributed by atoms with Gasteiger partial charge in [-0.2, -0.15) is 0 Å². The van der Waals surface area contributed by atoms with Crippen LogP contribution in [0.1, 0.15) is 30.0 Å². The van der Waals surface area contributed by atoms with E-state index in [1.54, 1.807) is 24.3 Å². The van der Waals surface area contributed by atoms with Gasteiger partial charge in [0.05, 0.1) is 5.56 Å². The van der Waals surface area contributed by atoms with Crippen molar-refractivity contribution in [1.82, 2.24) is 0 Å². The maximum Gasteiger partial charge on any atom is 0.166 e. The monoisotopic (exact) mass is 418 g/mol. The predicted octanol–water partition coefficient (Wildman–Crippen LogP) is 7.42. The molecule has 0 saturated heterocycles. The van der Waals surface area contributed by atoms with Gasteiger partial charge in [0.1, 0.15) is 11.6 Å². The predicted molar refractivity (Wildman–Crippen MR) is 116 cm³/mol. The molecule has 0 spiro atoms. The minimum Gasteiger partial charge on any atom is -0.206 e. The van der Waals surface area contributed by atoms with Crippen molar-refractivity contribution in [3.63, 3.8) is 0 Å². The van der Waals surface area contributed by atoms with Crippen LogP contribution in [0.2, 0.25) is 0 Å². The lowest BCUT2D eigenvalue weighted by Gasteiger charge is -2.07. The van der Waals surface area contributed by atoms with Crippen molar-refractivity contribution in [3.8, 4) is 23.0 Å². The van der Waals surface area contributed by atoms with Crippen molar-refractivity contribution in [2.24, 2.45) is 0 Å². The fraction of sp³-hybridized carbons (Fsp3) is 0.111. The zero-order chi connectivity index (χ0) is 22.0. The average molecular weight is 418 g/mol. The summed E-state index contributed by atoms with van der Waals surface area (Å²) < 4.78 is 56.2. The quantitative estimate of drug-likeness (QED) is 0.240. The molecule has 0 bridgehead atoms. The van der Waals surface area contributed by atoms with E-state index >= 15 is 0 Å². The molecule has 0 aliphatic carbocycles. The van der Waals surface area contributed by atoms with E-state index in [1.807, 2.05) is 13.0 Å². The Labute approximate surface area is 178 Å². The Morgan fingerprint density at radius 1 is 0.710 bits per heavy atom. The van der Waals surface area contributed by atoms with Gasteiger partial charge in [-0.3, -0.25) is 0 Å². The number of hydrogen-bond acceptors (Lipinski definition) is 0. The van der Waals surface area contributed by atoms with Crippen LogP contribution in [0.4, 0.5) is 17.6 Å². The second-order valence-electron chi connectivity index (χ2n) is 7.31. The van der Waals surface area contributed by atoms with Crippen molar-refractivity contribution in [3.05, 3.63) is 107 Å². The Hall–Kier alpha value is -3.58. The molecule has 0 radical (unpaired) electrons. The van der Waals surface area contributed by atoms with Gasteiger partial charge in [-0.1, -0.05) is 55.5 Å². The zero-order valence-corrected chi connectivity index (χ0v) is 16.8. The molecule has 0 heterocycles. The molecule has 154 valence electrons. The van der Waals surface area contributed by atoms with Gasteiger partial charge in [0, 0.05) is 16.5 Å². The van der Waals surface area contributed by atoms with Gasteiger partial charge in [0.25, 0.3) is 0 Å². The van der Waals surface area contributed by atoms with Crippen LogP contribution >= 0.6 is 0 Å². The lowest BCUT2D eigenvalue weighted by molar-refractivity contribution is 0.517. The largest absolute Gasteiger partial charge is 0.206 e. The summed E-state index contributed by atoms with van der Waals surface area (Å²) in [5.74, 6) is 2.83. The summed E-state index contributed by atoms with van der Waals surface area (Å²) in [6.07, 6.45) is 1.71. The summed E-state index contributed by atoms with van der Waals surface area (Å²) in [5.41, 5.74) is 2.38. The summed E-state index contributed by atoms with van der Waals surface area (Å²) in [4.78, 5) is 0. The van der Waals surface area contributed by atoms with Crippen LogP contribution in [0.3, 0.4) is 0 Å². The van der Waals surface area contributed by atoms with Gasteiger partial charge in [-0.25, -0.2) is 17.6 Å². The van der Waals surface area contributed by atoms with Crippen molar-refractivity contribution in [1.29, 1.82) is 0 Å². The first kappa shape index (κ1) is 20.7. The summed E-state index contributed by atoms with van der Waals surface area (Å²) in [6.45, 7) is 2.02. The molecular weight excluding hydrogens is 400 g/mol. The van der Waals surface area contributed by atoms with Crippen LogP contribution in [0.15, 0.2) is 66.7 Å². The van der Waals surface area contributed by atoms with E-state index in [9.17, 15) is 17.6 Å². The number of halogens is 4. The van der Waals surface area contributed by atoms with E-state index in [1.165, 1.54) is 30.3 Å². The lowest BCUT2D eigenvalue weighted by Crippen LogP contribution is -1.91. The minimum absolute atomic E-state index is 0.160. The third-order valence-electron chi connectivity index (χ3n) is 5.10. The highest BCUT2D eigenvalue weighted by molar-refractivity contribution is 5.84. The van der Waals surface area contributed by atoms with Gasteiger partial charge in [-0.05, 0) is 59.3 Å². The number of aryl methyl sites for hydroxylation is 1. The molecular formula is C27H18F4. The first-order valence-electron chi connectivity index (χ1n) is 9.94. The van der Waals surface area contributed by atoms with Gasteiger partial charge < -0.3 is 0 Å². The van der Waals surface area contributed by atoms with E-state index in [4.69, 9.17) is 0 Å². The van der Waals surface area contributed by atoms with E-state index < -0.39 is 17.5 Å². The fourth-order valence-corrected chi connectivity index (χ4v) is 3.50. The van der Waals surface area contributed by atoms with Crippen molar-refractivity contribution >= 4 is 10.8 Å². The second-order valence-corrected chi connectivity index (χ2v) is 7.31. The third-order valence-corrected chi connectivity index (χ3v) is 5.10. The van der Waals surface area contributed by atoms with Gasteiger partial charge >= 0.3 is 0 Å². The number of benzene rings is 4. The Balaban J connectivity index is 1.62. The first-order valence-corrected chi connectivity index (χ1v) is 9.94. The Morgan fingerprint density at radius 2 is 1.55 bits per heavy atom. The molecule has 0 aliphatic rings. The zero-order valence-electron chi connectivity index (χ0n) is 16.8. The summed E-state index contributed by atoms with van der Waals surface area (Å²) in [5, 5.41) is 0.664. The van der Waals surface area contributed by atoms with Crippen LogP contribution in [-0.4, -0.2) is 0 Å². The number of hydrogen-bond donors (Lipinski definition) is 0. The molecule has 0 aliphatic heterocycles. The van der Waals surface area contributed by atoms with Crippen LogP contribution < -0.4 is 0 Å². The standard InChI is InChI=1S/C27H18F4/c1-2-3-17-5-11-22(26(30)15-17)21-9-8-19(25(29)16-21)7-4-18-6-12-23-20(14-18)10-13-24(28)27(23)31/h5-6,8-16H,2-3H2,1H3. The highest BCUT2D eigenvalue weighted by Gasteiger charge is 2.10. The topological polar surface area (TPSA) is 0 Å². The van der Waals surface area contributed by atoms with Crippen LogP contribution in [-0.2, 0) is 6.42 Å². The fourth-order valence-electron chi connectivity index (χ4n) is 3.50. The second kappa shape index (κ2) is 8.65.